The lowest BCUT2D eigenvalue weighted by Crippen LogP contribution is -2.41. The quantitative estimate of drug-likeness (QED) is 0.437. The first-order valence-electron chi connectivity index (χ1n) is 11.8. The normalized spacial score (nSPS) is 20.0. The smallest absolute Gasteiger partial charge is 0.173 e. The average molecular weight is 481 g/mol. The number of hydrogen-bond donors (Lipinski definition) is 1. The van der Waals surface area contributed by atoms with Crippen molar-refractivity contribution >= 4 is 17.0 Å². The Morgan fingerprint density at radius 3 is 2.66 bits per heavy atom. The van der Waals surface area contributed by atoms with Crippen LogP contribution in [0.3, 0.4) is 0 Å². The first kappa shape index (κ1) is 24.9. The number of aliphatic hydroxyl groups is 1. The molecule has 1 fully saturated rings. The summed E-state index contributed by atoms with van der Waals surface area (Å²) in [5.41, 5.74) is 1.20. The van der Waals surface area contributed by atoms with E-state index in [0.29, 0.717) is 60.5 Å². The molecule has 0 bridgehead atoms. The van der Waals surface area contributed by atoms with Gasteiger partial charge in [0.25, 0.3) is 0 Å². The van der Waals surface area contributed by atoms with Crippen molar-refractivity contribution in [1.29, 1.82) is 5.26 Å². The van der Waals surface area contributed by atoms with E-state index >= 15 is 0 Å². The minimum atomic E-state index is -0.618. The van der Waals surface area contributed by atoms with E-state index in [1.54, 1.807) is 30.1 Å². The highest BCUT2D eigenvalue weighted by molar-refractivity contribution is 5.78. The molecule has 3 aromatic heterocycles. The minimum Gasteiger partial charge on any atom is -0.487 e. The van der Waals surface area contributed by atoms with Gasteiger partial charge in [-0.3, -0.25) is 4.57 Å². The fourth-order valence-corrected chi connectivity index (χ4v) is 4.27. The second-order valence-electron chi connectivity index (χ2n) is 9.08. The zero-order valence-corrected chi connectivity index (χ0v) is 20.5. The number of hydrogen-bond acceptors (Lipinski definition) is 9. The summed E-state index contributed by atoms with van der Waals surface area (Å²) in [7, 11) is 3.65. The molecule has 1 aliphatic carbocycles. The number of pyridine rings is 2. The highest BCUT2D eigenvalue weighted by Gasteiger charge is 2.32. The summed E-state index contributed by atoms with van der Waals surface area (Å²) in [6.07, 6.45) is 6.40. The van der Waals surface area contributed by atoms with E-state index < -0.39 is 5.60 Å². The van der Waals surface area contributed by atoms with Gasteiger partial charge in [-0.05, 0) is 44.7 Å². The van der Waals surface area contributed by atoms with Crippen LogP contribution in [0.2, 0.25) is 0 Å². The van der Waals surface area contributed by atoms with E-state index in [0.717, 1.165) is 25.7 Å². The van der Waals surface area contributed by atoms with Gasteiger partial charge in [0.1, 0.15) is 30.3 Å². The molecule has 1 aliphatic rings. The van der Waals surface area contributed by atoms with Crippen molar-refractivity contribution in [2.24, 2.45) is 0 Å². The number of anilines is 1. The van der Waals surface area contributed by atoms with Crippen LogP contribution < -0.4 is 9.64 Å². The molecule has 0 spiro atoms. The van der Waals surface area contributed by atoms with E-state index in [-0.39, 0.29) is 6.04 Å². The fourth-order valence-electron chi connectivity index (χ4n) is 4.27. The van der Waals surface area contributed by atoms with Crippen LogP contribution in [-0.4, -0.2) is 76.9 Å². The summed E-state index contributed by atoms with van der Waals surface area (Å²) in [5, 5.41) is 19.5. The number of nitriles is 1. The van der Waals surface area contributed by atoms with Crippen LogP contribution in [0.15, 0.2) is 30.7 Å². The van der Waals surface area contributed by atoms with Gasteiger partial charge in [-0.2, -0.15) is 5.26 Å². The topological polar surface area (TPSA) is 119 Å². The Hall–Kier alpha value is -3.26. The average Bonchev–Trinajstić information content (AvgIpc) is 3.28. The van der Waals surface area contributed by atoms with E-state index in [1.165, 1.54) is 6.20 Å². The highest BCUT2D eigenvalue weighted by atomic mass is 16.5. The molecule has 0 saturated heterocycles. The summed E-state index contributed by atoms with van der Waals surface area (Å²) in [6, 6.07) is 7.69. The van der Waals surface area contributed by atoms with E-state index in [2.05, 4.69) is 20.9 Å². The minimum absolute atomic E-state index is 0.227. The first-order valence-corrected chi connectivity index (χ1v) is 11.8. The van der Waals surface area contributed by atoms with Crippen LogP contribution in [0, 0.1) is 11.3 Å². The van der Waals surface area contributed by atoms with Crippen LogP contribution in [0.4, 0.5) is 5.82 Å². The van der Waals surface area contributed by atoms with Crippen LogP contribution in [-0.2, 0) is 9.47 Å². The van der Waals surface area contributed by atoms with Gasteiger partial charge in [-0.25, -0.2) is 15.0 Å². The number of nitrogens with zero attached hydrogens (tertiary/aromatic N) is 6. The second kappa shape index (κ2) is 11.0. The molecule has 0 amide bonds. The lowest BCUT2D eigenvalue weighted by molar-refractivity contribution is 0.0174. The van der Waals surface area contributed by atoms with Crippen LogP contribution >= 0.6 is 0 Å². The van der Waals surface area contributed by atoms with Gasteiger partial charge < -0.3 is 24.2 Å². The molecule has 3 heterocycles. The molecule has 3 aromatic rings. The molecule has 4 rings (SSSR count). The number of fused-ring (bicyclic) bond motifs is 1. The maximum Gasteiger partial charge on any atom is 0.173 e. The molecule has 35 heavy (non-hydrogen) atoms. The molecule has 0 radical (unpaired) electrons. The molecular weight excluding hydrogens is 448 g/mol. The second-order valence-corrected chi connectivity index (χ2v) is 9.08. The predicted molar refractivity (Wildman–Crippen MR) is 131 cm³/mol. The molecule has 0 unspecified atom stereocenters. The van der Waals surface area contributed by atoms with Crippen molar-refractivity contribution in [1.82, 2.24) is 19.5 Å². The Kier molecular flexibility index (Phi) is 7.80. The maximum absolute atomic E-state index is 10.4. The van der Waals surface area contributed by atoms with Crippen LogP contribution in [0.5, 0.6) is 5.75 Å². The monoisotopic (exact) mass is 480 g/mol. The summed E-state index contributed by atoms with van der Waals surface area (Å²) in [5.74, 6) is 1.96. The predicted octanol–water partition coefficient (Wildman–Crippen LogP) is 2.86. The third kappa shape index (κ3) is 5.88. The van der Waals surface area contributed by atoms with Crippen molar-refractivity contribution in [3.05, 3.63) is 36.3 Å². The Balaban J connectivity index is 1.63. The van der Waals surface area contributed by atoms with Crippen molar-refractivity contribution in [2.45, 2.75) is 44.2 Å². The van der Waals surface area contributed by atoms with Gasteiger partial charge in [0.2, 0.25) is 0 Å². The molecule has 0 aliphatic heterocycles. The first-order chi connectivity index (χ1) is 16.9. The van der Waals surface area contributed by atoms with Crippen molar-refractivity contribution in [2.75, 3.05) is 45.5 Å². The molecule has 186 valence electrons. The Labute approximate surface area is 205 Å². The molecule has 0 atom stereocenters. The lowest BCUT2D eigenvalue weighted by Gasteiger charge is -2.38. The summed E-state index contributed by atoms with van der Waals surface area (Å²) in [6.45, 7) is 3.74. The summed E-state index contributed by atoms with van der Waals surface area (Å²) < 4.78 is 18.5. The zero-order chi connectivity index (χ0) is 24.8. The van der Waals surface area contributed by atoms with Gasteiger partial charge >= 0.3 is 0 Å². The van der Waals surface area contributed by atoms with Crippen molar-refractivity contribution < 1.29 is 19.3 Å². The number of aromatic nitrogens is 4. The van der Waals surface area contributed by atoms with Gasteiger partial charge in [0, 0.05) is 32.5 Å². The highest BCUT2D eigenvalue weighted by Crippen LogP contribution is 2.36. The van der Waals surface area contributed by atoms with E-state index in [4.69, 9.17) is 24.5 Å². The third-order valence-electron chi connectivity index (χ3n) is 6.42. The summed E-state index contributed by atoms with van der Waals surface area (Å²) >= 11 is 0. The number of ether oxygens (including phenoxy) is 3. The van der Waals surface area contributed by atoms with Gasteiger partial charge in [-0.15, -0.1) is 0 Å². The Bertz CT molecular complexity index is 1160. The van der Waals surface area contributed by atoms with E-state index in [1.807, 2.05) is 20.0 Å². The molecule has 10 nitrogen and oxygen atoms in total. The fraction of sp³-hybridized carbons (Fsp3) is 0.520. The maximum atomic E-state index is 10.4. The van der Waals surface area contributed by atoms with Gasteiger partial charge in [-0.1, -0.05) is 0 Å². The van der Waals surface area contributed by atoms with Crippen molar-refractivity contribution in [3.63, 3.8) is 0 Å². The lowest BCUT2D eigenvalue weighted by atomic mass is 9.83. The van der Waals surface area contributed by atoms with Crippen molar-refractivity contribution in [3.8, 4) is 17.6 Å². The number of imidazole rings is 1. The molecule has 1 N–H and O–H groups in total. The Morgan fingerprint density at radius 2 is 1.97 bits per heavy atom. The van der Waals surface area contributed by atoms with Crippen LogP contribution in [0.25, 0.3) is 17.0 Å². The van der Waals surface area contributed by atoms with E-state index in [9.17, 15) is 5.11 Å². The SMILES string of the molecule is COCCOCCOc1cc2ncn(-c3ccc(C#N)cn3)c2nc1N(C)C1CCC(C)(O)CC1. The zero-order valence-electron chi connectivity index (χ0n) is 20.5. The third-order valence-corrected chi connectivity index (χ3v) is 6.42. The Morgan fingerprint density at radius 1 is 1.20 bits per heavy atom. The molecular formula is C25H32N6O4. The number of methoxy groups -OCH3 is 1. The molecule has 0 aromatic carbocycles. The molecule has 10 heteroatoms. The molecule has 1 saturated carbocycles. The van der Waals surface area contributed by atoms with Gasteiger partial charge in [0.05, 0.1) is 31.0 Å². The largest absolute Gasteiger partial charge is 0.487 e. The van der Waals surface area contributed by atoms with Crippen LogP contribution in [0.1, 0.15) is 38.2 Å². The van der Waals surface area contributed by atoms with Gasteiger partial charge in [0.15, 0.2) is 17.2 Å². The summed E-state index contributed by atoms with van der Waals surface area (Å²) in [4.78, 5) is 16.0. The number of rotatable bonds is 10. The standard InChI is InChI=1S/C25H32N6O4/c1-25(32)8-6-19(7-9-25)30(2)24-21(35-13-12-34-11-10-33-3)14-20-23(29-24)31(17-28-20)22-5-4-18(15-26)16-27-22/h4-5,14,16-17,19,32H,6-13H2,1-3H3.